The van der Waals surface area contributed by atoms with Crippen LogP contribution < -0.4 is 20.1 Å². The van der Waals surface area contributed by atoms with E-state index < -0.39 is 0 Å². The number of aromatic nitrogens is 3. The number of H-pyrrole nitrogens is 1. The molecule has 0 saturated heterocycles. The Hall–Kier alpha value is -3.81. The van der Waals surface area contributed by atoms with Gasteiger partial charge in [0.2, 0.25) is 5.91 Å². The van der Waals surface area contributed by atoms with Crippen molar-refractivity contribution >= 4 is 44.9 Å². The van der Waals surface area contributed by atoms with Crippen LogP contribution in [0, 0.1) is 0 Å². The molecular formula is C20H19N5O3. The molecule has 0 bridgehead atoms. The van der Waals surface area contributed by atoms with Crippen molar-refractivity contribution in [2.75, 3.05) is 24.9 Å². The van der Waals surface area contributed by atoms with Gasteiger partial charge in [-0.1, -0.05) is 0 Å². The third-order valence-corrected chi connectivity index (χ3v) is 4.38. The number of pyridine rings is 1. The minimum absolute atomic E-state index is 0.177. The van der Waals surface area contributed by atoms with Crippen LogP contribution >= 0.6 is 0 Å². The summed E-state index contributed by atoms with van der Waals surface area (Å²) in [4.78, 5) is 16.2. The van der Waals surface area contributed by atoms with Gasteiger partial charge in [-0.25, -0.2) is 4.98 Å². The van der Waals surface area contributed by atoms with Gasteiger partial charge in [-0.15, -0.1) is 0 Å². The maximum absolute atomic E-state index is 11.5. The van der Waals surface area contributed by atoms with E-state index in [0.717, 1.165) is 33.2 Å². The number of hydrogen-bond donors (Lipinski definition) is 3. The van der Waals surface area contributed by atoms with Gasteiger partial charge in [0.15, 0.2) is 5.82 Å². The van der Waals surface area contributed by atoms with Gasteiger partial charge in [-0.05, 0) is 36.4 Å². The summed E-state index contributed by atoms with van der Waals surface area (Å²) in [7, 11) is 3.19. The number of anilines is 3. The van der Waals surface area contributed by atoms with E-state index in [1.54, 1.807) is 32.5 Å². The van der Waals surface area contributed by atoms with Crippen LogP contribution in [0.5, 0.6) is 11.5 Å². The number of methoxy groups -OCH3 is 2. The van der Waals surface area contributed by atoms with E-state index in [1.165, 1.54) is 6.92 Å². The lowest BCUT2D eigenvalue weighted by atomic mass is 10.1. The van der Waals surface area contributed by atoms with Crippen LogP contribution in [0.25, 0.3) is 21.8 Å². The summed E-state index contributed by atoms with van der Waals surface area (Å²) in [6.07, 6.45) is 1.76. The van der Waals surface area contributed by atoms with Crippen molar-refractivity contribution in [1.82, 2.24) is 15.2 Å². The number of fused-ring (bicyclic) bond motifs is 3. The largest absolute Gasteiger partial charge is 0.497 e. The zero-order valence-electron chi connectivity index (χ0n) is 15.7. The maximum atomic E-state index is 11.5. The van der Waals surface area contributed by atoms with Gasteiger partial charge in [-0.2, -0.15) is 5.10 Å². The van der Waals surface area contributed by atoms with Crippen molar-refractivity contribution in [2.45, 2.75) is 6.92 Å². The average molecular weight is 377 g/mol. The molecule has 4 aromatic rings. The SMILES string of the molecule is COc1ccc2nc(Nc3ccc(OC)c(NC(C)=O)c3)c3[nH]ncc3c2c1. The van der Waals surface area contributed by atoms with E-state index in [-0.39, 0.29) is 5.91 Å². The van der Waals surface area contributed by atoms with E-state index in [2.05, 4.69) is 20.8 Å². The van der Waals surface area contributed by atoms with Gasteiger partial charge in [0.1, 0.15) is 17.0 Å². The van der Waals surface area contributed by atoms with Crippen molar-refractivity contribution in [2.24, 2.45) is 0 Å². The number of nitrogens with zero attached hydrogens (tertiary/aromatic N) is 2. The molecule has 0 fully saturated rings. The van der Waals surface area contributed by atoms with Crippen molar-refractivity contribution in [3.05, 3.63) is 42.6 Å². The highest BCUT2D eigenvalue weighted by molar-refractivity contribution is 6.09. The van der Waals surface area contributed by atoms with Crippen molar-refractivity contribution in [3.63, 3.8) is 0 Å². The molecule has 2 aromatic heterocycles. The van der Waals surface area contributed by atoms with Crippen LogP contribution in [0.15, 0.2) is 42.6 Å². The summed E-state index contributed by atoms with van der Waals surface area (Å²) < 4.78 is 10.6. The van der Waals surface area contributed by atoms with Crippen LogP contribution in [-0.4, -0.2) is 35.3 Å². The Bertz CT molecular complexity index is 1190. The molecule has 2 aromatic carbocycles. The van der Waals surface area contributed by atoms with E-state index >= 15 is 0 Å². The molecule has 4 rings (SSSR count). The molecule has 0 saturated carbocycles. The lowest BCUT2D eigenvalue weighted by Gasteiger charge is -2.13. The fourth-order valence-corrected chi connectivity index (χ4v) is 3.10. The number of benzene rings is 2. The fourth-order valence-electron chi connectivity index (χ4n) is 3.10. The zero-order chi connectivity index (χ0) is 19.7. The first-order valence-electron chi connectivity index (χ1n) is 8.62. The molecule has 0 aliphatic rings. The molecular weight excluding hydrogens is 358 g/mol. The molecule has 0 aliphatic carbocycles. The quantitative estimate of drug-likeness (QED) is 0.489. The second-order valence-electron chi connectivity index (χ2n) is 6.22. The summed E-state index contributed by atoms with van der Waals surface area (Å²) in [6.45, 7) is 1.45. The summed E-state index contributed by atoms with van der Waals surface area (Å²) in [5.74, 6) is 1.78. The number of aromatic amines is 1. The van der Waals surface area contributed by atoms with E-state index in [9.17, 15) is 4.79 Å². The summed E-state index contributed by atoms with van der Waals surface area (Å²) in [6, 6.07) is 11.1. The number of hydrogen-bond acceptors (Lipinski definition) is 6. The summed E-state index contributed by atoms with van der Waals surface area (Å²) in [5, 5.41) is 15.1. The van der Waals surface area contributed by atoms with Gasteiger partial charge in [0.25, 0.3) is 0 Å². The topological polar surface area (TPSA) is 101 Å². The van der Waals surface area contributed by atoms with E-state index in [1.807, 2.05) is 24.3 Å². The van der Waals surface area contributed by atoms with Crippen LogP contribution in [0.1, 0.15) is 6.92 Å². The number of carbonyl (C=O) groups excluding carboxylic acids is 1. The van der Waals surface area contributed by atoms with Gasteiger partial charge >= 0.3 is 0 Å². The molecule has 142 valence electrons. The smallest absolute Gasteiger partial charge is 0.221 e. The Morgan fingerprint density at radius 3 is 2.68 bits per heavy atom. The monoisotopic (exact) mass is 377 g/mol. The number of rotatable bonds is 5. The molecule has 0 spiro atoms. The fraction of sp³-hybridized carbons (Fsp3) is 0.150. The Morgan fingerprint density at radius 1 is 1.07 bits per heavy atom. The molecule has 28 heavy (non-hydrogen) atoms. The lowest BCUT2D eigenvalue weighted by Crippen LogP contribution is -2.07. The highest BCUT2D eigenvalue weighted by Gasteiger charge is 2.13. The van der Waals surface area contributed by atoms with Crippen LogP contribution in [0.2, 0.25) is 0 Å². The van der Waals surface area contributed by atoms with Gasteiger partial charge in [0.05, 0.1) is 31.6 Å². The van der Waals surface area contributed by atoms with E-state index in [0.29, 0.717) is 17.3 Å². The second-order valence-corrected chi connectivity index (χ2v) is 6.22. The normalized spacial score (nSPS) is 10.8. The van der Waals surface area contributed by atoms with Crippen LogP contribution in [0.4, 0.5) is 17.2 Å². The molecule has 0 unspecified atom stereocenters. The van der Waals surface area contributed by atoms with Crippen molar-refractivity contribution < 1.29 is 14.3 Å². The predicted octanol–water partition coefficient (Wildman–Crippen LogP) is 3.83. The number of nitrogens with one attached hydrogen (secondary N) is 3. The Labute approximate surface area is 160 Å². The molecule has 1 amide bonds. The standard InChI is InChI=1S/C20H19N5O3/c1-11(26)22-17-8-12(4-7-18(17)28-3)23-20-19-15(10-21-25-19)14-9-13(27-2)5-6-16(14)24-20/h4-10H,1-3H3,(H,21,25)(H,22,26)(H,23,24). The Kier molecular flexibility index (Phi) is 4.44. The van der Waals surface area contributed by atoms with Crippen molar-refractivity contribution in [3.8, 4) is 11.5 Å². The first-order valence-corrected chi connectivity index (χ1v) is 8.62. The Morgan fingerprint density at radius 2 is 1.93 bits per heavy atom. The minimum atomic E-state index is -0.177. The molecule has 0 radical (unpaired) electrons. The minimum Gasteiger partial charge on any atom is -0.497 e. The van der Waals surface area contributed by atoms with Gasteiger partial charge in [0, 0.05) is 23.4 Å². The third-order valence-electron chi connectivity index (χ3n) is 4.38. The summed E-state index contributed by atoms with van der Waals surface area (Å²) in [5.41, 5.74) is 2.91. The van der Waals surface area contributed by atoms with Gasteiger partial charge in [-0.3, -0.25) is 9.89 Å². The third kappa shape index (κ3) is 3.16. The van der Waals surface area contributed by atoms with Crippen LogP contribution in [0.3, 0.4) is 0 Å². The first-order chi connectivity index (χ1) is 13.6. The molecule has 0 aliphatic heterocycles. The summed E-state index contributed by atoms with van der Waals surface area (Å²) >= 11 is 0. The molecule has 3 N–H and O–H groups in total. The molecule has 8 nitrogen and oxygen atoms in total. The maximum Gasteiger partial charge on any atom is 0.221 e. The highest BCUT2D eigenvalue weighted by atomic mass is 16.5. The Balaban J connectivity index is 1.79. The zero-order valence-corrected chi connectivity index (χ0v) is 15.7. The first kappa shape index (κ1) is 17.6. The second kappa shape index (κ2) is 7.07. The highest BCUT2D eigenvalue weighted by Crippen LogP contribution is 2.33. The number of carbonyl (C=O) groups is 1. The molecule has 8 heteroatoms. The van der Waals surface area contributed by atoms with Crippen LogP contribution in [-0.2, 0) is 4.79 Å². The molecule has 0 atom stereocenters. The lowest BCUT2D eigenvalue weighted by molar-refractivity contribution is -0.114. The van der Waals surface area contributed by atoms with Gasteiger partial charge < -0.3 is 20.1 Å². The van der Waals surface area contributed by atoms with E-state index in [4.69, 9.17) is 14.5 Å². The average Bonchev–Trinajstić information content (AvgIpc) is 3.18. The predicted molar refractivity (Wildman–Crippen MR) is 109 cm³/mol. The molecule has 2 heterocycles. The number of amides is 1. The number of ether oxygens (including phenoxy) is 2. The van der Waals surface area contributed by atoms with Crippen molar-refractivity contribution in [1.29, 1.82) is 0 Å².